The fourth-order valence-electron chi connectivity index (χ4n) is 1.61. The first-order valence-corrected chi connectivity index (χ1v) is 5.65. The quantitative estimate of drug-likeness (QED) is 0.891. The minimum atomic E-state index is -0.574. The van der Waals surface area contributed by atoms with Crippen LogP contribution in [-0.2, 0) is 0 Å². The summed E-state index contributed by atoms with van der Waals surface area (Å²) >= 11 is 3.37. The first-order chi connectivity index (χ1) is 6.99. The van der Waals surface area contributed by atoms with Gasteiger partial charge in [-0.25, -0.2) is 4.39 Å². The Morgan fingerprint density at radius 2 is 2.20 bits per heavy atom. The van der Waals surface area contributed by atoms with Crippen LogP contribution in [-0.4, -0.2) is 11.7 Å². The summed E-state index contributed by atoms with van der Waals surface area (Å²) in [5, 5.41) is 9.65. The number of nitrogens with two attached hydrogens (primary N) is 1. The zero-order valence-corrected chi connectivity index (χ0v) is 10.4. The molecule has 1 unspecified atom stereocenters. The van der Waals surface area contributed by atoms with E-state index in [1.165, 1.54) is 6.07 Å². The largest absolute Gasteiger partial charge is 0.505 e. The number of phenolic OH excluding ortho intramolecular Hbond substituents is 1. The molecule has 84 valence electrons. The lowest BCUT2D eigenvalue weighted by Gasteiger charge is -2.16. The number of phenols is 1. The van der Waals surface area contributed by atoms with E-state index < -0.39 is 5.82 Å². The molecule has 1 aromatic rings. The number of benzene rings is 1. The van der Waals surface area contributed by atoms with Crippen LogP contribution in [0, 0.1) is 12.7 Å². The highest BCUT2D eigenvalue weighted by Gasteiger charge is 2.18. The maximum Gasteiger partial charge on any atom is 0.165 e. The van der Waals surface area contributed by atoms with Crippen molar-refractivity contribution >= 4 is 15.9 Å². The smallest absolute Gasteiger partial charge is 0.165 e. The fraction of sp³-hybridized carbons (Fsp3) is 0.455. The van der Waals surface area contributed by atoms with Crippen LogP contribution in [0.4, 0.5) is 4.39 Å². The lowest BCUT2D eigenvalue weighted by molar-refractivity contribution is 0.419. The highest BCUT2D eigenvalue weighted by molar-refractivity contribution is 9.10. The van der Waals surface area contributed by atoms with Crippen LogP contribution in [0.3, 0.4) is 0 Å². The Labute approximate surface area is 97.4 Å². The SMILES string of the molecule is Cc1cc(F)c(O)c(C(C)CCN)c1Br. The second kappa shape index (κ2) is 4.94. The van der Waals surface area contributed by atoms with E-state index in [1.54, 1.807) is 6.92 Å². The standard InChI is InChI=1S/C11H15BrFNO/c1-6(3-4-14)9-10(12)7(2)5-8(13)11(9)15/h5-6,15H,3-4,14H2,1-2H3. The summed E-state index contributed by atoms with van der Waals surface area (Å²) in [7, 11) is 0. The number of hydrogen-bond donors (Lipinski definition) is 2. The third-order valence-corrected chi connectivity index (χ3v) is 3.55. The van der Waals surface area contributed by atoms with E-state index in [-0.39, 0.29) is 11.7 Å². The van der Waals surface area contributed by atoms with Gasteiger partial charge in [0.25, 0.3) is 0 Å². The van der Waals surface area contributed by atoms with Gasteiger partial charge in [0, 0.05) is 10.0 Å². The molecule has 0 aliphatic carbocycles. The maximum absolute atomic E-state index is 13.3. The van der Waals surface area contributed by atoms with Crippen LogP contribution in [0.25, 0.3) is 0 Å². The summed E-state index contributed by atoms with van der Waals surface area (Å²) in [4.78, 5) is 0. The lowest BCUT2D eigenvalue weighted by atomic mass is 9.95. The van der Waals surface area contributed by atoms with Crippen LogP contribution in [0.15, 0.2) is 10.5 Å². The molecule has 0 spiro atoms. The van der Waals surface area contributed by atoms with Gasteiger partial charge < -0.3 is 10.8 Å². The van der Waals surface area contributed by atoms with Crippen molar-refractivity contribution in [2.24, 2.45) is 5.73 Å². The van der Waals surface area contributed by atoms with Gasteiger partial charge >= 0.3 is 0 Å². The van der Waals surface area contributed by atoms with Crippen molar-refractivity contribution in [3.05, 3.63) is 27.5 Å². The number of aromatic hydroxyl groups is 1. The monoisotopic (exact) mass is 275 g/mol. The Morgan fingerprint density at radius 1 is 1.60 bits per heavy atom. The van der Waals surface area contributed by atoms with Crippen molar-refractivity contribution in [1.82, 2.24) is 0 Å². The topological polar surface area (TPSA) is 46.2 Å². The summed E-state index contributed by atoms with van der Waals surface area (Å²) < 4.78 is 14.1. The fourth-order valence-corrected chi connectivity index (χ4v) is 2.30. The summed E-state index contributed by atoms with van der Waals surface area (Å²) in [5.74, 6) is -0.804. The third kappa shape index (κ3) is 2.49. The molecule has 1 aromatic carbocycles. The maximum atomic E-state index is 13.3. The van der Waals surface area contributed by atoms with E-state index in [9.17, 15) is 9.50 Å². The van der Waals surface area contributed by atoms with Gasteiger partial charge in [0.1, 0.15) is 0 Å². The van der Waals surface area contributed by atoms with E-state index in [4.69, 9.17) is 5.73 Å². The molecule has 0 heterocycles. The Hall–Kier alpha value is -0.610. The van der Waals surface area contributed by atoms with Crippen LogP contribution < -0.4 is 5.73 Å². The molecule has 0 aliphatic rings. The number of rotatable bonds is 3. The van der Waals surface area contributed by atoms with Gasteiger partial charge in [-0.1, -0.05) is 22.9 Å². The molecular formula is C11H15BrFNO. The summed E-state index contributed by atoms with van der Waals surface area (Å²) in [6.45, 7) is 4.24. The van der Waals surface area contributed by atoms with Gasteiger partial charge in [0.15, 0.2) is 11.6 Å². The molecule has 0 radical (unpaired) electrons. The zero-order chi connectivity index (χ0) is 11.6. The molecule has 3 N–H and O–H groups in total. The lowest BCUT2D eigenvalue weighted by Crippen LogP contribution is -2.06. The van der Waals surface area contributed by atoms with Crippen molar-refractivity contribution in [2.45, 2.75) is 26.2 Å². The van der Waals surface area contributed by atoms with Crippen molar-refractivity contribution in [3.63, 3.8) is 0 Å². The zero-order valence-electron chi connectivity index (χ0n) is 8.85. The molecule has 15 heavy (non-hydrogen) atoms. The molecule has 0 bridgehead atoms. The molecule has 0 saturated carbocycles. The molecule has 0 aliphatic heterocycles. The van der Waals surface area contributed by atoms with Crippen LogP contribution in [0.1, 0.15) is 30.4 Å². The van der Waals surface area contributed by atoms with Crippen molar-refractivity contribution in [1.29, 1.82) is 0 Å². The van der Waals surface area contributed by atoms with E-state index >= 15 is 0 Å². The van der Waals surface area contributed by atoms with Gasteiger partial charge in [0.2, 0.25) is 0 Å². The van der Waals surface area contributed by atoms with E-state index in [0.29, 0.717) is 12.1 Å². The Morgan fingerprint density at radius 3 is 2.73 bits per heavy atom. The van der Waals surface area contributed by atoms with Crippen LogP contribution >= 0.6 is 15.9 Å². The molecule has 0 saturated heterocycles. The molecule has 2 nitrogen and oxygen atoms in total. The Kier molecular flexibility index (Phi) is 4.11. The molecule has 1 rings (SSSR count). The predicted molar refractivity (Wildman–Crippen MR) is 62.6 cm³/mol. The Bertz CT molecular complexity index is 342. The third-order valence-electron chi connectivity index (χ3n) is 2.50. The van der Waals surface area contributed by atoms with Gasteiger partial charge in [-0.15, -0.1) is 0 Å². The number of aryl methyl sites for hydroxylation is 1. The molecule has 4 heteroatoms. The summed E-state index contributed by atoms with van der Waals surface area (Å²) in [6.07, 6.45) is 0.717. The number of hydrogen-bond acceptors (Lipinski definition) is 2. The average molecular weight is 276 g/mol. The summed E-state index contributed by atoms with van der Waals surface area (Å²) in [5.41, 5.74) is 6.84. The summed E-state index contributed by atoms with van der Waals surface area (Å²) in [6, 6.07) is 1.32. The first-order valence-electron chi connectivity index (χ1n) is 4.86. The Balaban J connectivity index is 3.26. The van der Waals surface area contributed by atoms with E-state index in [2.05, 4.69) is 15.9 Å². The normalized spacial score (nSPS) is 12.9. The van der Waals surface area contributed by atoms with Crippen LogP contribution in [0.2, 0.25) is 0 Å². The van der Waals surface area contributed by atoms with Crippen molar-refractivity contribution in [2.75, 3.05) is 6.54 Å². The molecule has 0 fully saturated rings. The molecular weight excluding hydrogens is 261 g/mol. The minimum Gasteiger partial charge on any atom is -0.505 e. The highest BCUT2D eigenvalue weighted by atomic mass is 79.9. The molecule has 0 amide bonds. The van der Waals surface area contributed by atoms with Crippen molar-refractivity contribution in [3.8, 4) is 5.75 Å². The molecule has 1 atom stereocenters. The average Bonchev–Trinajstić information content (AvgIpc) is 2.16. The van der Waals surface area contributed by atoms with Gasteiger partial charge in [-0.05, 0) is 37.4 Å². The van der Waals surface area contributed by atoms with Gasteiger partial charge in [-0.2, -0.15) is 0 Å². The number of halogens is 2. The second-order valence-electron chi connectivity index (χ2n) is 3.73. The van der Waals surface area contributed by atoms with Gasteiger partial charge in [-0.3, -0.25) is 0 Å². The minimum absolute atomic E-state index is 0.0405. The van der Waals surface area contributed by atoms with Crippen molar-refractivity contribution < 1.29 is 9.50 Å². The highest BCUT2D eigenvalue weighted by Crippen LogP contribution is 2.38. The first kappa shape index (κ1) is 12.5. The van der Waals surface area contributed by atoms with Crippen LogP contribution in [0.5, 0.6) is 5.75 Å². The van der Waals surface area contributed by atoms with Gasteiger partial charge in [0.05, 0.1) is 0 Å². The van der Waals surface area contributed by atoms with E-state index in [1.807, 2.05) is 6.92 Å². The second-order valence-corrected chi connectivity index (χ2v) is 4.52. The predicted octanol–water partition coefficient (Wildman–Crippen LogP) is 3.05. The van der Waals surface area contributed by atoms with E-state index in [0.717, 1.165) is 16.5 Å². The molecule has 0 aromatic heterocycles.